The molecule has 2 aliphatic rings. The maximum absolute atomic E-state index is 2.46. The van der Waals surface area contributed by atoms with Crippen LogP contribution in [0.2, 0.25) is 0 Å². The van der Waals surface area contributed by atoms with Crippen LogP contribution in [0.1, 0.15) is 40.5 Å². The highest BCUT2D eigenvalue weighted by Gasteiger charge is 2.63. The van der Waals surface area contributed by atoms with Crippen molar-refractivity contribution in [2.45, 2.75) is 40.5 Å². The second kappa shape index (κ2) is 1.44. The Morgan fingerprint density at radius 2 is 1.80 bits per heavy atom. The zero-order valence-electron chi connectivity index (χ0n) is 7.57. The van der Waals surface area contributed by atoms with Gasteiger partial charge in [0.05, 0.1) is 0 Å². The molecule has 58 valence electrons. The highest BCUT2D eigenvalue weighted by atomic mass is 14.7. The van der Waals surface area contributed by atoms with E-state index in [1.54, 1.807) is 0 Å². The van der Waals surface area contributed by atoms with Crippen molar-refractivity contribution in [1.29, 1.82) is 0 Å². The second-order valence-corrected chi connectivity index (χ2v) is 5.42. The van der Waals surface area contributed by atoms with E-state index in [4.69, 9.17) is 0 Å². The molecule has 0 saturated heterocycles. The van der Waals surface area contributed by atoms with Gasteiger partial charge < -0.3 is 0 Å². The van der Waals surface area contributed by atoms with E-state index in [1.807, 2.05) is 0 Å². The van der Waals surface area contributed by atoms with Crippen molar-refractivity contribution < 1.29 is 0 Å². The van der Waals surface area contributed by atoms with Crippen LogP contribution in [0.3, 0.4) is 0 Å². The molecule has 3 atom stereocenters. The third kappa shape index (κ3) is 0.627. The molecule has 0 aromatic rings. The standard InChI is InChI=1S/C10H18/c1-7-8-5-10(8,4)6-9(7,2)3/h7-8H,5-6H2,1-4H3. The lowest BCUT2D eigenvalue weighted by Gasteiger charge is -2.27. The molecule has 2 saturated carbocycles. The molecule has 0 N–H and O–H groups in total. The van der Waals surface area contributed by atoms with E-state index < -0.39 is 0 Å². The van der Waals surface area contributed by atoms with Crippen LogP contribution in [0, 0.1) is 22.7 Å². The fourth-order valence-electron chi connectivity index (χ4n) is 3.17. The first kappa shape index (κ1) is 6.69. The van der Waals surface area contributed by atoms with Crippen LogP contribution >= 0.6 is 0 Å². The predicted octanol–water partition coefficient (Wildman–Crippen LogP) is 3.08. The summed E-state index contributed by atoms with van der Waals surface area (Å²) < 4.78 is 0. The molecule has 0 heteroatoms. The molecular formula is C10H18. The monoisotopic (exact) mass is 138 g/mol. The van der Waals surface area contributed by atoms with E-state index >= 15 is 0 Å². The van der Waals surface area contributed by atoms with Crippen LogP contribution in [0.5, 0.6) is 0 Å². The fourth-order valence-corrected chi connectivity index (χ4v) is 3.17. The van der Waals surface area contributed by atoms with Gasteiger partial charge in [0, 0.05) is 0 Å². The Hall–Kier alpha value is 0. The Morgan fingerprint density at radius 1 is 1.20 bits per heavy atom. The van der Waals surface area contributed by atoms with Crippen molar-refractivity contribution in [3.63, 3.8) is 0 Å². The molecule has 0 amide bonds. The van der Waals surface area contributed by atoms with Crippen molar-refractivity contribution in [1.82, 2.24) is 0 Å². The highest BCUT2D eigenvalue weighted by molar-refractivity contribution is 5.12. The summed E-state index contributed by atoms with van der Waals surface area (Å²) in [4.78, 5) is 0. The molecule has 10 heavy (non-hydrogen) atoms. The normalized spacial score (nSPS) is 56.4. The number of fused-ring (bicyclic) bond motifs is 1. The van der Waals surface area contributed by atoms with Gasteiger partial charge >= 0.3 is 0 Å². The van der Waals surface area contributed by atoms with Crippen LogP contribution in [-0.4, -0.2) is 0 Å². The minimum Gasteiger partial charge on any atom is -0.0617 e. The smallest absolute Gasteiger partial charge is 0.0286 e. The van der Waals surface area contributed by atoms with Gasteiger partial charge in [-0.2, -0.15) is 0 Å². The molecule has 0 bridgehead atoms. The summed E-state index contributed by atoms with van der Waals surface area (Å²) in [5, 5.41) is 0. The SMILES string of the molecule is CC1C2CC2(C)CC1(C)C. The zero-order chi connectivity index (χ0) is 7.57. The Bertz CT molecular complexity index is 169. The van der Waals surface area contributed by atoms with Crippen molar-refractivity contribution >= 4 is 0 Å². The van der Waals surface area contributed by atoms with E-state index in [-0.39, 0.29) is 0 Å². The Kier molecular flexibility index (Phi) is 0.964. The van der Waals surface area contributed by atoms with Crippen LogP contribution in [0.4, 0.5) is 0 Å². The molecule has 0 aromatic carbocycles. The van der Waals surface area contributed by atoms with Crippen molar-refractivity contribution in [3.05, 3.63) is 0 Å². The fraction of sp³-hybridized carbons (Fsp3) is 1.00. The van der Waals surface area contributed by atoms with Gasteiger partial charge in [-0.15, -0.1) is 0 Å². The highest BCUT2D eigenvalue weighted by Crippen LogP contribution is 2.71. The zero-order valence-corrected chi connectivity index (χ0v) is 7.57. The lowest BCUT2D eigenvalue weighted by molar-refractivity contribution is 0.231. The summed E-state index contributed by atoms with van der Waals surface area (Å²) in [5.74, 6) is 2.04. The van der Waals surface area contributed by atoms with Crippen molar-refractivity contribution in [2.24, 2.45) is 22.7 Å². The van der Waals surface area contributed by atoms with Gasteiger partial charge in [-0.05, 0) is 35.5 Å². The van der Waals surface area contributed by atoms with E-state index in [0.29, 0.717) is 5.41 Å². The van der Waals surface area contributed by atoms with E-state index in [2.05, 4.69) is 27.7 Å². The summed E-state index contributed by atoms with van der Waals surface area (Å²) in [5.41, 5.74) is 1.40. The minimum atomic E-state index is 0.637. The first-order chi connectivity index (χ1) is 4.46. The average molecular weight is 138 g/mol. The van der Waals surface area contributed by atoms with Crippen molar-refractivity contribution in [2.75, 3.05) is 0 Å². The van der Waals surface area contributed by atoms with Crippen LogP contribution < -0.4 is 0 Å². The number of hydrogen-bond donors (Lipinski definition) is 0. The van der Waals surface area contributed by atoms with Crippen LogP contribution in [0.15, 0.2) is 0 Å². The molecule has 2 fully saturated rings. The first-order valence-electron chi connectivity index (χ1n) is 4.46. The number of hydrogen-bond acceptors (Lipinski definition) is 0. The summed E-state index contributed by atoms with van der Waals surface area (Å²) >= 11 is 0. The van der Waals surface area contributed by atoms with E-state index in [9.17, 15) is 0 Å². The van der Waals surface area contributed by atoms with E-state index in [0.717, 1.165) is 17.3 Å². The molecule has 0 spiro atoms. The summed E-state index contributed by atoms with van der Waals surface area (Å²) in [6, 6.07) is 0. The average Bonchev–Trinajstić information content (AvgIpc) is 2.33. The molecule has 0 aliphatic heterocycles. The number of rotatable bonds is 0. The lowest BCUT2D eigenvalue weighted by atomic mass is 9.78. The topological polar surface area (TPSA) is 0 Å². The third-order valence-corrected chi connectivity index (χ3v) is 4.12. The van der Waals surface area contributed by atoms with Crippen LogP contribution in [-0.2, 0) is 0 Å². The van der Waals surface area contributed by atoms with Gasteiger partial charge in [-0.1, -0.05) is 27.7 Å². The van der Waals surface area contributed by atoms with Crippen molar-refractivity contribution in [3.8, 4) is 0 Å². The minimum absolute atomic E-state index is 0.637. The van der Waals surface area contributed by atoms with Gasteiger partial charge in [0.2, 0.25) is 0 Å². The van der Waals surface area contributed by atoms with Gasteiger partial charge in [-0.3, -0.25) is 0 Å². The molecule has 0 heterocycles. The van der Waals surface area contributed by atoms with Crippen LogP contribution in [0.25, 0.3) is 0 Å². The summed E-state index contributed by atoms with van der Waals surface area (Å²) in [6.45, 7) is 9.75. The molecule has 0 aromatic heterocycles. The second-order valence-electron chi connectivity index (χ2n) is 5.42. The largest absolute Gasteiger partial charge is 0.0617 e. The predicted molar refractivity (Wildman–Crippen MR) is 43.8 cm³/mol. The van der Waals surface area contributed by atoms with Gasteiger partial charge in [0.1, 0.15) is 0 Å². The van der Waals surface area contributed by atoms with Gasteiger partial charge in [0.15, 0.2) is 0 Å². The molecule has 0 radical (unpaired) electrons. The Balaban J connectivity index is 2.22. The summed E-state index contributed by atoms with van der Waals surface area (Å²) in [6.07, 6.45) is 2.98. The first-order valence-corrected chi connectivity index (χ1v) is 4.46. The van der Waals surface area contributed by atoms with Gasteiger partial charge in [-0.25, -0.2) is 0 Å². The Morgan fingerprint density at radius 3 is 2.00 bits per heavy atom. The molecule has 2 rings (SSSR count). The molecule has 2 aliphatic carbocycles. The maximum Gasteiger partial charge on any atom is -0.0286 e. The third-order valence-electron chi connectivity index (χ3n) is 4.12. The van der Waals surface area contributed by atoms with E-state index in [1.165, 1.54) is 12.8 Å². The quantitative estimate of drug-likeness (QED) is 0.482. The summed E-state index contributed by atoms with van der Waals surface area (Å²) in [7, 11) is 0. The molecule has 0 nitrogen and oxygen atoms in total. The maximum atomic E-state index is 2.46. The lowest BCUT2D eigenvalue weighted by Crippen LogP contribution is -2.18. The molecular weight excluding hydrogens is 120 g/mol. The van der Waals surface area contributed by atoms with Gasteiger partial charge in [0.25, 0.3) is 0 Å². The molecule has 3 unspecified atom stereocenters. The Labute approximate surface area is 64.0 Å².